The number of benzene rings is 1. The second-order valence-electron chi connectivity index (χ2n) is 3.03. The first kappa shape index (κ1) is 13.9. The van der Waals surface area contributed by atoms with Crippen molar-refractivity contribution in [2.75, 3.05) is 5.32 Å². The molecule has 0 aliphatic carbocycles. The number of anilines is 1. The van der Waals surface area contributed by atoms with Gasteiger partial charge in [-0.1, -0.05) is 15.9 Å². The Morgan fingerprint density at radius 2 is 1.53 bits per heavy atom. The van der Waals surface area contributed by atoms with Crippen molar-refractivity contribution in [2.24, 2.45) is 0 Å². The summed E-state index contributed by atoms with van der Waals surface area (Å²) in [4.78, 5) is 10.8. The van der Waals surface area contributed by atoms with E-state index < -0.39 is 18.0 Å². The van der Waals surface area contributed by atoms with E-state index >= 15 is 0 Å². The number of alkyl halides is 5. The van der Waals surface area contributed by atoms with Crippen molar-refractivity contribution in [1.82, 2.24) is 0 Å². The van der Waals surface area contributed by atoms with Crippen molar-refractivity contribution in [3.63, 3.8) is 0 Å². The maximum Gasteiger partial charge on any atom is 0.463 e. The molecular weight excluding hydrogens is 313 g/mol. The maximum absolute atomic E-state index is 12.5. The number of carbonyl (C=O) groups excluding carboxylic acids is 1. The zero-order valence-electron chi connectivity index (χ0n) is 7.99. The van der Waals surface area contributed by atoms with E-state index in [1.165, 1.54) is 29.6 Å². The molecule has 0 saturated carbocycles. The van der Waals surface area contributed by atoms with E-state index in [-0.39, 0.29) is 5.69 Å². The quantitative estimate of drug-likeness (QED) is 0.830. The lowest BCUT2D eigenvalue weighted by Gasteiger charge is -2.18. The van der Waals surface area contributed by atoms with E-state index in [4.69, 9.17) is 0 Å². The first-order chi connectivity index (χ1) is 7.64. The number of nitrogens with one attached hydrogen (secondary N) is 1. The number of amides is 1. The summed E-state index contributed by atoms with van der Waals surface area (Å²) >= 11 is 3.04. The average Bonchev–Trinajstić information content (AvgIpc) is 2.19. The highest BCUT2D eigenvalue weighted by Crippen LogP contribution is 2.36. The molecule has 0 aliphatic rings. The van der Waals surface area contributed by atoms with Gasteiger partial charge in [-0.25, -0.2) is 0 Å². The highest BCUT2D eigenvalue weighted by atomic mass is 79.9. The monoisotopic (exact) mass is 317 g/mol. The van der Waals surface area contributed by atoms with E-state index in [0.29, 0.717) is 4.47 Å². The molecule has 1 amide bonds. The van der Waals surface area contributed by atoms with Crippen LogP contribution in [0.25, 0.3) is 0 Å². The summed E-state index contributed by atoms with van der Waals surface area (Å²) in [5, 5.41) is 1.49. The van der Waals surface area contributed by atoms with E-state index in [2.05, 4.69) is 15.9 Å². The predicted octanol–water partition coefficient (Wildman–Crippen LogP) is 3.59. The zero-order chi connectivity index (χ0) is 13.3. The fourth-order valence-corrected chi connectivity index (χ4v) is 1.14. The third kappa shape index (κ3) is 3.15. The van der Waals surface area contributed by atoms with Crippen LogP contribution in [-0.2, 0) is 4.79 Å². The molecule has 1 aromatic rings. The fraction of sp³-hybridized carbons (Fsp3) is 0.222. The van der Waals surface area contributed by atoms with E-state index in [9.17, 15) is 26.7 Å². The molecule has 0 heterocycles. The molecule has 0 bridgehead atoms. The van der Waals surface area contributed by atoms with Crippen LogP contribution in [-0.4, -0.2) is 18.0 Å². The van der Waals surface area contributed by atoms with Gasteiger partial charge in [0.15, 0.2) is 0 Å². The number of hydrogen-bond acceptors (Lipinski definition) is 1. The van der Waals surface area contributed by atoms with Crippen molar-refractivity contribution in [1.29, 1.82) is 0 Å². The molecule has 0 radical (unpaired) electrons. The Morgan fingerprint density at radius 1 is 1.06 bits per heavy atom. The lowest BCUT2D eigenvalue weighted by molar-refractivity contribution is -0.267. The standard InChI is InChI=1S/C9H5BrF5NO/c10-5-1-3-6(4-2-5)16-7(17)8(11,12)9(13,14)15/h1-4H,(H,16,17). The highest BCUT2D eigenvalue weighted by molar-refractivity contribution is 9.10. The summed E-state index contributed by atoms with van der Waals surface area (Å²) in [5.41, 5.74) is -0.151. The third-order valence-electron chi connectivity index (χ3n) is 1.74. The Hall–Kier alpha value is -1.18. The SMILES string of the molecule is O=C(Nc1ccc(Br)cc1)C(F)(F)C(F)(F)F. The molecule has 2 nitrogen and oxygen atoms in total. The number of halogens is 6. The largest absolute Gasteiger partial charge is 0.463 e. The number of carbonyl (C=O) groups is 1. The van der Waals surface area contributed by atoms with E-state index in [1.54, 1.807) is 0 Å². The molecule has 0 atom stereocenters. The minimum absolute atomic E-state index is 0.151. The van der Waals surface area contributed by atoms with Crippen LogP contribution in [0.3, 0.4) is 0 Å². The zero-order valence-corrected chi connectivity index (χ0v) is 9.57. The molecule has 1 rings (SSSR count). The predicted molar refractivity (Wildman–Crippen MR) is 53.8 cm³/mol. The summed E-state index contributed by atoms with van der Waals surface area (Å²) < 4.78 is 61.2. The van der Waals surface area contributed by atoms with Gasteiger partial charge in [-0.3, -0.25) is 4.79 Å². The van der Waals surface area contributed by atoms with Gasteiger partial charge in [-0.2, -0.15) is 22.0 Å². The van der Waals surface area contributed by atoms with Crippen LogP contribution in [0.1, 0.15) is 0 Å². The molecule has 1 aromatic carbocycles. The molecule has 0 unspecified atom stereocenters. The second-order valence-corrected chi connectivity index (χ2v) is 3.95. The van der Waals surface area contributed by atoms with Gasteiger partial charge in [-0.15, -0.1) is 0 Å². The van der Waals surface area contributed by atoms with Crippen molar-refractivity contribution in [2.45, 2.75) is 12.1 Å². The van der Waals surface area contributed by atoms with Crippen LogP contribution >= 0.6 is 15.9 Å². The molecule has 0 spiro atoms. The van der Waals surface area contributed by atoms with Crippen LogP contribution in [0, 0.1) is 0 Å². The van der Waals surface area contributed by atoms with E-state index in [1.807, 2.05) is 0 Å². The Morgan fingerprint density at radius 3 is 1.94 bits per heavy atom. The van der Waals surface area contributed by atoms with Gasteiger partial charge >= 0.3 is 18.0 Å². The summed E-state index contributed by atoms with van der Waals surface area (Å²) in [6.45, 7) is 0. The third-order valence-corrected chi connectivity index (χ3v) is 2.27. The summed E-state index contributed by atoms with van der Waals surface area (Å²) in [7, 11) is 0. The van der Waals surface area contributed by atoms with Gasteiger partial charge in [0.25, 0.3) is 0 Å². The molecule has 0 fully saturated rings. The molecule has 1 N–H and O–H groups in total. The van der Waals surface area contributed by atoms with Crippen molar-refractivity contribution in [3.8, 4) is 0 Å². The molecule has 0 saturated heterocycles. The summed E-state index contributed by atoms with van der Waals surface area (Å²) in [6, 6.07) is 5.16. The van der Waals surface area contributed by atoms with Crippen molar-refractivity contribution < 1.29 is 26.7 Å². The Kier molecular flexibility index (Phi) is 3.75. The van der Waals surface area contributed by atoms with Gasteiger partial charge in [-0.05, 0) is 24.3 Å². The number of hydrogen-bond donors (Lipinski definition) is 1. The highest BCUT2D eigenvalue weighted by Gasteiger charge is 2.63. The molecule has 0 aliphatic heterocycles. The van der Waals surface area contributed by atoms with Crippen LogP contribution < -0.4 is 5.32 Å². The molecule has 0 aromatic heterocycles. The van der Waals surface area contributed by atoms with Crippen LogP contribution in [0.4, 0.5) is 27.6 Å². The molecule has 17 heavy (non-hydrogen) atoms. The Bertz CT molecular complexity index is 414. The van der Waals surface area contributed by atoms with Gasteiger partial charge in [0.2, 0.25) is 0 Å². The van der Waals surface area contributed by atoms with Crippen LogP contribution in [0.2, 0.25) is 0 Å². The van der Waals surface area contributed by atoms with Crippen LogP contribution in [0.15, 0.2) is 28.7 Å². The van der Waals surface area contributed by atoms with Crippen LogP contribution in [0.5, 0.6) is 0 Å². The van der Waals surface area contributed by atoms with Gasteiger partial charge < -0.3 is 5.32 Å². The summed E-state index contributed by atoms with van der Waals surface area (Å²) in [6.07, 6.45) is -5.91. The summed E-state index contributed by atoms with van der Waals surface area (Å²) in [5.74, 6) is -7.83. The Balaban J connectivity index is 2.83. The first-order valence-corrected chi connectivity index (χ1v) is 4.95. The number of rotatable bonds is 2. The molecule has 8 heteroatoms. The second kappa shape index (κ2) is 4.59. The van der Waals surface area contributed by atoms with Gasteiger partial charge in [0, 0.05) is 10.2 Å². The normalized spacial score (nSPS) is 12.4. The molecule has 94 valence electrons. The maximum atomic E-state index is 12.5. The average molecular weight is 318 g/mol. The lowest BCUT2D eigenvalue weighted by Crippen LogP contribution is -2.47. The Labute approximate surface area is 101 Å². The lowest BCUT2D eigenvalue weighted by atomic mass is 10.2. The van der Waals surface area contributed by atoms with E-state index in [0.717, 1.165) is 0 Å². The fourth-order valence-electron chi connectivity index (χ4n) is 0.872. The van der Waals surface area contributed by atoms with Crippen molar-refractivity contribution in [3.05, 3.63) is 28.7 Å². The van der Waals surface area contributed by atoms with Crippen molar-refractivity contribution >= 4 is 27.5 Å². The van der Waals surface area contributed by atoms with Gasteiger partial charge in [0.05, 0.1) is 0 Å². The first-order valence-electron chi connectivity index (χ1n) is 4.16. The topological polar surface area (TPSA) is 29.1 Å². The minimum atomic E-state index is -5.91. The minimum Gasteiger partial charge on any atom is -0.321 e. The smallest absolute Gasteiger partial charge is 0.321 e. The molecular formula is C9H5BrF5NO. The van der Waals surface area contributed by atoms with Gasteiger partial charge in [0.1, 0.15) is 0 Å².